The van der Waals surface area contributed by atoms with E-state index in [0.717, 1.165) is 36.0 Å². The van der Waals surface area contributed by atoms with Crippen molar-refractivity contribution in [3.63, 3.8) is 0 Å². The maximum Gasteiger partial charge on any atom is 0.163 e. The number of hydrogen-bond acceptors (Lipinski definition) is 3. The van der Waals surface area contributed by atoms with Gasteiger partial charge in [-0.15, -0.1) is 0 Å². The molecule has 0 radical (unpaired) electrons. The van der Waals surface area contributed by atoms with Crippen molar-refractivity contribution in [2.45, 2.75) is 64.4 Å². The van der Waals surface area contributed by atoms with Gasteiger partial charge in [0, 0.05) is 18.6 Å². The lowest BCUT2D eigenvalue weighted by atomic mass is 9.50. The van der Waals surface area contributed by atoms with Gasteiger partial charge in [-0.05, 0) is 60.6 Å². The van der Waals surface area contributed by atoms with Crippen LogP contribution in [-0.2, 0) is 11.0 Å². The molecule has 0 aliphatic heterocycles. The number of fused-ring (bicyclic) bond motifs is 3. The summed E-state index contributed by atoms with van der Waals surface area (Å²) < 4.78 is 0. The fraction of sp³-hybridized carbons (Fsp3) is 0.650. The first kappa shape index (κ1) is 16.7. The van der Waals surface area contributed by atoms with Crippen molar-refractivity contribution in [1.82, 2.24) is 0 Å². The summed E-state index contributed by atoms with van der Waals surface area (Å²) in [4.78, 5) is 12.8. The fourth-order valence-electron chi connectivity index (χ4n) is 4.91. The Morgan fingerprint density at radius 3 is 2.57 bits per heavy atom. The molecule has 1 saturated carbocycles. The Kier molecular flexibility index (Phi) is 3.73. The topological polar surface area (TPSA) is 57.5 Å². The Bertz CT molecular complexity index is 643. The molecule has 2 aliphatic rings. The van der Waals surface area contributed by atoms with Crippen molar-refractivity contribution in [2.75, 3.05) is 6.61 Å². The Balaban J connectivity index is 2.14. The smallest absolute Gasteiger partial charge is 0.163 e. The maximum absolute atomic E-state index is 12.8. The summed E-state index contributed by atoms with van der Waals surface area (Å²) in [5.41, 5.74) is 1.45. The van der Waals surface area contributed by atoms with Crippen molar-refractivity contribution < 1.29 is 15.0 Å². The molecule has 0 bridgehead atoms. The zero-order valence-corrected chi connectivity index (χ0v) is 14.6. The quantitative estimate of drug-likeness (QED) is 0.877. The molecular formula is C20H28O3. The van der Waals surface area contributed by atoms with Gasteiger partial charge in [-0.2, -0.15) is 0 Å². The highest BCUT2D eigenvalue weighted by Gasteiger charge is 2.53. The average molecular weight is 316 g/mol. The third kappa shape index (κ3) is 2.45. The third-order valence-corrected chi connectivity index (χ3v) is 6.45. The Morgan fingerprint density at radius 2 is 1.96 bits per heavy atom. The molecule has 3 atom stereocenters. The number of ketones is 1. The van der Waals surface area contributed by atoms with Crippen LogP contribution in [0.4, 0.5) is 0 Å². The van der Waals surface area contributed by atoms with Crippen molar-refractivity contribution in [3.8, 4) is 0 Å². The van der Waals surface area contributed by atoms with Crippen LogP contribution in [0.15, 0.2) is 18.2 Å². The highest BCUT2D eigenvalue weighted by molar-refractivity contribution is 5.99. The molecule has 2 N–H and O–H groups in total. The average Bonchev–Trinajstić information content (AvgIpc) is 2.49. The summed E-state index contributed by atoms with van der Waals surface area (Å²) in [6, 6.07) is 5.87. The van der Waals surface area contributed by atoms with Crippen LogP contribution >= 0.6 is 0 Å². The normalized spacial score (nSPS) is 34.0. The monoisotopic (exact) mass is 316 g/mol. The van der Waals surface area contributed by atoms with Crippen LogP contribution in [0.25, 0.3) is 0 Å². The minimum atomic E-state index is -0.945. The van der Waals surface area contributed by atoms with E-state index in [-0.39, 0.29) is 29.1 Å². The summed E-state index contributed by atoms with van der Waals surface area (Å²) >= 11 is 0. The second kappa shape index (κ2) is 5.15. The molecule has 1 fully saturated rings. The van der Waals surface area contributed by atoms with Crippen molar-refractivity contribution >= 4 is 5.78 Å². The number of hydrogen-bond donors (Lipinski definition) is 2. The highest BCUT2D eigenvalue weighted by Crippen LogP contribution is 2.57. The summed E-state index contributed by atoms with van der Waals surface area (Å²) in [5.74, 6) is 0.330. The van der Waals surface area contributed by atoms with Gasteiger partial charge in [0.2, 0.25) is 0 Å². The predicted molar refractivity (Wildman–Crippen MR) is 90.5 cm³/mol. The van der Waals surface area contributed by atoms with E-state index in [1.165, 1.54) is 0 Å². The lowest BCUT2D eigenvalue weighted by molar-refractivity contribution is -0.0142. The van der Waals surface area contributed by atoms with Gasteiger partial charge in [0.1, 0.15) is 0 Å². The summed E-state index contributed by atoms with van der Waals surface area (Å²) in [5, 5.41) is 20.2. The van der Waals surface area contributed by atoms with E-state index in [0.29, 0.717) is 6.42 Å². The summed E-state index contributed by atoms with van der Waals surface area (Å²) in [6.45, 7) is 8.00. The van der Waals surface area contributed by atoms with Crippen LogP contribution < -0.4 is 0 Å². The number of Topliss-reactive ketones (excluding diaryl/α,β-unsaturated/α-hetero) is 1. The Labute approximate surface area is 138 Å². The molecule has 3 heteroatoms. The van der Waals surface area contributed by atoms with Gasteiger partial charge in [0.05, 0.1) is 5.60 Å². The van der Waals surface area contributed by atoms with Gasteiger partial charge in [0.25, 0.3) is 0 Å². The van der Waals surface area contributed by atoms with Crippen molar-refractivity contribution in [3.05, 3.63) is 34.9 Å². The third-order valence-electron chi connectivity index (χ3n) is 6.45. The fourth-order valence-corrected chi connectivity index (χ4v) is 4.91. The zero-order chi connectivity index (χ0) is 17.0. The van der Waals surface area contributed by atoms with E-state index in [1.54, 1.807) is 13.8 Å². The van der Waals surface area contributed by atoms with E-state index in [2.05, 4.69) is 13.8 Å². The SMILES string of the molecule is CC(C)(O)c1ccc2c(c1)C(=O)CC1[C@](C)(CO)CCC[C@]21C. The molecule has 0 aromatic heterocycles. The van der Waals surface area contributed by atoms with Crippen LogP contribution in [0.2, 0.25) is 0 Å². The molecule has 1 aromatic carbocycles. The first-order valence-electron chi connectivity index (χ1n) is 8.63. The van der Waals surface area contributed by atoms with Gasteiger partial charge in [-0.3, -0.25) is 4.79 Å². The standard InChI is InChI=1S/C20H28O3/c1-18(2,23)13-6-7-15-14(10-13)16(22)11-17-19(3,12-21)8-5-9-20(15,17)4/h6-7,10,17,21,23H,5,8-9,11-12H2,1-4H3/t17?,19-,20+/m0/s1. The van der Waals surface area contributed by atoms with Crippen LogP contribution in [0.3, 0.4) is 0 Å². The van der Waals surface area contributed by atoms with E-state index in [4.69, 9.17) is 0 Å². The van der Waals surface area contributed by atoms with Gasteiger partial charge < -0.3 is 10.2 Å². The van der Waals surface area contributed by atoms with E-state index in [1.807, 2.05) is 18.2 Å². The number of carbonyl (C=O) groups excluding carboxylic acids is 1. The molecule has 1 unspecified atom stereocenters. The second-order valence-corrected chi connectivity index (χ2v) is 8.58. The number of aliphatic hydroxyl groups excluding tert-OH is 1. The molecule has 1 aromatic rings. The van der Waals surface area contributed by atoms with Gasteiger partial charge in [0.15, 0.2) is 5.78 Å². The van der Waals surface area contributed by atoms with Crippen LogP contribution in [0, 0.1) is 11.3 Å². The molecule has 2 aliphatic carbocycles. The molecule has 126 valence electrons. The zero-order valence-electron chi connectivity index (χ0n) is 14.6. The Morgan fingerprint density at radius 1 is 1.26 bits per heavy atom. The van der Waals surface area contributed by atoms with E-state index in [9.17, 15) is 15.0 Å². The number of rotatable bonds is 2. The number of benzene rings is 1. The first-order chi connectivity index (χ1) is 10.6. The molecule has 23 heavy (non-hydrogen) atoms. The predicted octanol–water partition coefficient (Wildman–Crippen LogP) is 3.56. The molecular weight excluding hydrogens is 288 g/mol. The van der Waals surface area contributed by atoms with Gasteiger partial charge >= 0.3 is 0 Å². The molecule has 0 saturated heterocycles. The molecule has 0 spiro atoms. The van der Waals surface area contributed by atoms with Gasteiger partial charge in [-0.25, -0.2) is 0 Å². The van der Waals surface area contributed by atoms with Crippen molar-refractivity contribution in [1.29, 1.82) is 0 Å². The minimum absolute atomic E-state index is 0.0723. The molecule has 0 heterocycles. The van der Waals surface area contributed by atoms with Crippen LogP contribution in [0.5, 0.6) is 0 Å². The summed E-state index contributed by atoms with van der Waals surface area (Å²) in [7, 11) is 0. The van der Waals surface area contributed by atoms with E-state index >= 15 is 0 Å². The number of aliphatic hydroxyl groups is 2. The second-order valence-electron chi connectivity index (χ2n) is 8.58. The van der Waals surface area contributed by atoms with Crippen LogP contribution in [0.1, 0.15) is 74.9 Å². The number of carbonyl (C=O) groups is 1. The first-order valence-corrected chi connectivity index (χ1v) is 8.63. The lowest BCUT2D eigenvalue weighted by Crippen LogP contribution is -2.51. The highest BCUT2D eigenvalue weighted by atomic mass is 16.3. The lowest BCUT2D eigenvalue weighted by Gasteiger charge is -2.54. The maximum atomic E-state index is 12.8. The van der Waals surface area contributed by atoms with Crippen molar-refractivity contribution in [2.24, 2.45) is 11.3 Å². The van der Waals surface area contributed by atoms with Crippen LogP contribution in [-0.4, -0.2) is 22.6 Å². The minimum Gasteiger partial charge on any atom is -0.396 e. The van der Waals surface area contributed by atoms with E-state index < -0.39 is 5.60 Å². The molecule has 0 amide bonds. The molecule has 3 nitrogen and oxygen atoms in total. The molecule has 3 rings (SSSR count). The summed E-state index contributed by atoms with van der Waals surface area (Å²) in [6.07, 6.45) is 3.60. The largest absolute Gasteiger partial charge is 0.396 e. The van der Waals surface area contributed by atoms with Gasteiger partial charge in [-0.1, -0.05) is 32.4 Å². The Hall–Kier alpha value is -1.19.